The minimum atomic E-state index is -0.850. The molecule has 0 aliphatic heterocycles. The van der Waals surface area contributed by atoms with Crippen LogP contribution in [-0.4, -0.2) is 12.6 Å². The lowest BCUT2D eigenvalue weighted by molar-refractivity contribution is -0.00666. The predicted octanol–water partition coefficient (Wildman–Crippen LogP) is 6.13. The van der Waals surface area contributed by atoms with E-state index in [1.54, 1.807) is 0 Å². The van der Waals surface area contributed by atoms with E-state index in [9.17, 15) is 18.0 Å². The van der Waals surface area contributed by atoms with Gasteiger partial charge in [-0.25, -0.2) is 18.0 Å². The van der Waals surface area contributed by atoms with Crippen LogP contribution in [0.25, 0.3) is 0 Å². The average Bonchev–Trinajstić information content (AvgIpc) is 2.69. The second-order valence-electron chi connectivity index (χ2n) is 8.44. The minimum Gasteiger partial charge on any atom is -0.305 e. The van der Waals surface area contributed by atoms with Gasteiger partial charge in [-0.1, -0.05) is 25.5 Å². The summed E-state index contributed by atoms with van der Waals surface area (Å²) in [6.45, 7) is 4.82. The topological polar surface area (TPSA) is 32.3 Å². The number of hydrogen-bond acceptors (Lipinski definition) is 1. The number of hydrogen-bond donors (Lipinski definition) is 1. The molecule has 0 aromatic heterocycles. The second-order valence-corrected chi connectivity index (χ2v) is 8.44. The maximum atomic E-state index is 14.0. The molecule has 0 spiro atoms. The highest BCUT2D eigenvalue weighted by atomic mass is 19.1. The van der Waals surface area contributed by atoms with Crippen molar-refractivity contribution in [2.45, 2.75) is 26.7 Å². The Bertz CT molecular complexity index is 969. The Hall–Kier alpha value is -2.76. The van der Waals surface area contributed by atoms with Crippen LogP contribution in [0.4, 0.5) is 29.3 Å². The zero-order valence-electron chi connectivity index (χ0n) is 16.4. The molecule has 1 fully saturated rings. The van der Waals surface area contributed by atoms with Crippen molar-refractivity contribution in [3.8, 4) is 0 Å². The molecular weight excluding hydrogens is 377 g/mol. The molecule has 0 radical (unpaired) electrons. The van der Waals surface area contributed by atoms with Crippen LogP contribution in [0.5, 0.6) is 0 Å². The third-order valence-electron chi connectivity index (χ3n) is 6.48. The van der Waals surface area contributed by atoms with E-state index in [-0.39, 0.29) is 11.1 Å². The molecule has 0 heterocycles. The predicted molar refractivity (Wildman–Crippen MR) is 107 cm³/mol. The zero-order valence-corrected chi connectivity index (χ0v) is 16.4. The highest BCUT2D eigenvalue weighted by molar-refractivity contribution is 6.02. The van der Waals surface area contributed by atoms with Crippen LogP contribution < -0.4 is 10.2 Å². The van der Waals surface area contributed by atoms with Crippen LogP contribution in [0.2, 0.25) is 0 Å². The van der Waals surface area contributed by atoms with Crippen molar-refractivity contribution in [2.24, 2.45) is 17.3 Å². The fourth-order valence-electron chi connectivity index (χ4n) is 4.51. The van der Waals surface area contributed by atoms with E-state index >= 15 is 0 Å². The number of nitrogens with one attached hydrogen (secondary N) is 1. The third kappa shape index (κ3) is 3.63. The molecule has 5 rings (SSSR count). The van der Waals surface area contributed by atoms with Gasteiger partial charge in [-0.2, -0.15) is 0 Å². The number of nitrogens with zero attached hydrogens (tertiary/aromatic N) is 1. The number of halogens is 3. The maximum Gasteiger partial charge on any atom is 0.326 e. The molecule has 3 aliphatic rings. The molecule has 29 heavy (non-hydrogen) atoms. The third-order valence-corrected chi connectivity index (χ3v) is 6.48. The first-order valence-electron chi connectivity index (χ1n) is 9.74. The summed E-state index contributed by atoms with van der Waals surface area (Å²) in [5.41, 5.74) is 1.76. The van der Waals surface area contributed by atoms with Crippen molar-refractivity contribution in [1.29, 1.82) is 0 Å². The summed E-state index contributed by atoms with van der Waals surface area (Å²) >= 11 is 0. The number of anilines is 2. The van der Waals surface area contributed by atoms with Gasteiger partial charge < -0.3 is 5.32 Å². The molecule has 6 heteroatoms. The number of rotatable bonds is 4. The molecule has 3 nitrogen and oxygen atoms in total. The lowest BCUT2D eigenvalue weighted by atomic mass is 9.49. The molecule has 1 N–H and O–H groups in total. The summed E-state index contributed by atoms with van der Waals surface area (Å²) in [6.07, 6.45) is 4.26. The molecule has 2 aromatic carbocycles. The zero-order chi connectivity index (χ0) is 20.8. The van der Waals surface area contributed by atoms with Crippen LogP contribution in [-0.2, 0) is 0 Å². The SMILES string of the molecule is CC1(C)C2CC=C(CN(C(=O)Nc3ccc(F)cc3F)c3ccc(F)cc3)C1C2. The standard InChI is InChI=1S/C23H23F3N2O/c1-23(2)15-4-3-14(19(23)11-15)13-28(18-8-5-16(24)6-9-18)22(29)27-21-10-7-17(25)12-20(21)26/h3,5-10,12,15,19H,4,11,13H2,1-2H3,(H,27,29). The number of fused-ring (bicyclic) bond motifs is 1. The average molecular weight is 400 g/mol. The van der Waals surface area contributed by atoms with Crippen LogP contribution in [0.3, 0.4) is 0 Å². The monoisotopic (exact) mass is 400 g/mol. The van der Waals surface area contributed by atoms with Crippen molar-refractivity contribution in [2.75, 3.05) is 16.8 Å². The smallest absolute Gasteiger partial charge is 0.305 e. The van der Waals surface area contributed by atoms with Gasteiger partial charge in [-0.05, 0) is 66.5 Å². The van der Waals surface area contributed by atoms with Crippen LogP contribution in [0, 0.1) is 34.7 Å². The van der Waals surface area contributed by atoms with E-state index in [0.717, 1.165) is 30.5 Å². The molecule has 152 valence electrons. The van der Waals surface area contributed by atoms with E-state index in [0.29, 0.717) is 24.1 Å². The van der Waals surface area contributed by atoms with Crippen LogP contribution in [0.1, 0.15) is 26.7 Å². The molecular formula is C23H23F3N2O. The van der Waals surface area contributed by atoms with Gasteiger partial charge in [0.05, 0.1) is 5.69 Å². The molecule has 2 amide bonds. The Balaban J connectivity index is 1.61. The molecule has 2 unspecified atom stereocenters. The fourth-order valence-corrected chi connectivity index (χ4v) is 4.51. The Morgan fingerprint density at radius 3 is 2.41 bits per heavy atom. The Morgan fingerprint density at radius 1 is 1.10 bits per heavy atom. The number of allylic oxidation sites excluding steroid dienone is 1. The van der Waals surface area contributed by atoms with E-state index < -0.39 is 23.5 Å². The number of amides is 2. The van der Waals surface area contributed by atoms with Crippen molar-refractivity contribution >= 4 is 17.4 Å². The number of carbonyl (C=O) groups excluding carboxylic acids is 1. The largest absolute Gasteiger partial charge is 0.326 e. The summed E-state index contributed by atoms with van der Waals surface area (Å²) in [5.74, 6) is -0.918. The maximum absolute atomic E-state index is 14.0. The van der Waals surface area contributed by atoms with E-state index in [1.807, 2.05) is 0 Å². The summed E-state index contributed by atoms with van der Waals surface area (Å²) in [4.78, 5) is 14.5. The highest BCUT2D eigenvalue weighted by Gasteiger charge is 2.51. The van der Waals surface area contributed by atoms with Gasteiger partial charge in [-0.3, -0.25) is 4.90 Å². The number of benzene rings is 2. The highest BCUT2D eigenvalue weighted by Crippen LogP contribution is 2.59. The van der Waals surface area contributed by atoms with Crippen molar-refractivity contribution in [1.82, 2.24) is 0 Å². The van der Waals surface area contributed by atoms with Gasteiger partial charge in [0.1, 0.15) is 17.5 Å². The van der Waals surface area contributed by atoms with Crippen molar-refractivity contribution in [3.05, 3.63) is 71.6 Å². The summed E-state index contributed by atoms with van der Waals surface area (Å²) in [7, 11) is 0. The molecule has 2 aromatic rings. The Kier molecular flexibility index (Phi) is 4.89. The van der Waals surface area contributed by atoms with Gasteiger partial charge in [-0.15, -0.1) is 0 Å². The first kappa shape index (κ1) is 19.6. The normalized spacial score (nSPS) is 21.8. The van der Waals surface area contributed by atoms with Crippen molar-refractivity contribution in [3.63, 3.8) is 0 Å². The van der Waals surface area contributed by atoms with Crippen molar-refractivity contribution < 1.29 is 18.0 Å². The van der Waals surface area contributed by atoms with Crippen LogP contribution >= 0.6 is 0 Å². The van der Waals surface area contributed by atoms with Crippen LogP contribution in [0.15, 0.2) is 54.1 Å². The summed E-state index contributed by atoms with van der Waals surface area (Å²) in [5, 5.41) is 2.51. The first-order valence-corrected chi connectivity index (χ1v) is 9.74. The van der Waals surface area contributed by atoms with E-state index in [4.69, 9.17) is 0 Å². The fraction of sp³-hybridized carbons (Fsp3) is 0.348. The molecule has 2 atom stereocenters. The Labute approximate surface area is 168 Å². The Morgan fingerprint density at radius 2 is 1.79 bits per heavy atom. The van der Waals surface area contributed by atoms with Gasteiger partial charge in [0.2, 0.25) is 0 Å². The lowest BCUT2D eigenvalue weighted by Crippen LogP contribution is -2.50. The molecule has 3 aliphatic carbocycles. The van der Waals surface area contributed by atoms with E-state index in [2.05, 4.69) is 25.2 Å². The minimum absolute atomic E-state index is 0.106. The number of urea groups is 1. The molecule has 1 saturated carbocycles. The van der Waals surface area contributed by atoms with Gasteiger partial charge in [0, 0.05) is 18.3 Å². The molecule has 0 saturated heterocycles. The van der Waals surface area contributed by atoms with E-state index in [1.165, 1.54) is 35.2 Å². The lowest BCUT2D eigenvalue weighted by Gasteiger charge is -2.57. The van der Waals surface area contributed by atoms with Gasteiger partial charge >= 0.3 is 6.03 Å². The summed E-state index contributed by atoms with van der Waals surface area (Å²) < 4.78 is 40.6. The second kappa shape index (κ2) is 7.25. The number of carbonyl (C=O) groups is 1. The van der Waals surface area contributed by atoms with Gasteiger partial charge in [0.15, 0.2) is 0 Å². The quantitative estimate of drug-likeness (QED) is 0.615. The first-order chi connectivity index (χ1) is 13.8. The summed E-state index contributed by atoms with van der Waals surface area (Å²) in [6, 6.07) is 8.05. The van der Waals surface area contributed by atoms with Gasteiger partial charge in [0.25, 0.3) is 0 Å². The molecule has 2 bridgehead atoms.